The Balaban J connectivity index is -0.000000172. The van der Waals surface area contributed by atoms with Gasteiger partial charge in [-0.2, -0.15) is 61.5 Å². The number of esters is 1. The molecule has 0 aliphatic rings. The normalized spacial score (nSPS) is 13.8. The number of sulfonamides is 1. The Morgan fingerprint density at radius 3 is 0.869 bits per heavy atom. The molecule has 17 nitrogen and oxygen atoms in total. The van der Waals surface area contributed by atoms with Crippen LogP contribution >= 0.6 is 0 Å². The van der Waals surface area contributed by atoms with Crippen molar-refractivity contribution in [2.75, 3.05) is 25.9 Å². The first-order valence-electron chi connectivity index (χ1n) is 13.5. The highest BCUT2D eigenvalue weighted by Crippen LogP contribution is 2.48. The van der Waals surface area contributed by atoms with E-state index in [-0.39, 0.29) is 27.2 Å². The number of hydrogen-bond acceptors (Lipinski definition) is 16. The molecule has 0 aromatic rings. The minimum Gasteiger partial charge on any atom is -0.748 e. The van der Waals surface area contributed by atoms with Crippen molar-refractivity contribution in [2.24, 2.45) is 0 Å². The molecule has 0 unspecified atom stereocenters. The van der Waals surface area contributed by atoms with Crippen LogP contribution in [0.5, 0.6) is 0 Å². The molecular formula is C20H29F18NO16S6-4. The van der Waals surface area contributed by atoms with Gasteiger partial charge in [0.05, 0.1) is 33.1 Å². The van der Waals surface area contributed by atoms with Crippen LogP contribution < -0.4 is 0 Å². The molecule has 0 fully saturated rings. The maximum Gasteiger partial charge on any atom is 0.438 e. The van der Waals surface area contributed by atoms with E-state index in [0.29, 0.717) is 0 Å². The third-order valence-corrected chi connectivity index (χ3v) is 14.6. The Kier molecular flexibility index (Phi) is 27.9. The molecule has 0 rings (SSSR count). The van der Waals surface area contributed by atoms with Crippen LogP contribution in [0.2, 0.25) is 0 Å². The van der Waals surface area contributed by atoms with Crippen molar-refractivity contribution >= 4 is 66.1 Å². The molecule has 61 heavy (non-hydrogen) atoms. The number of ether oxygens (including phenoxy) is 1. The third-order valence-electron chi connectivity index (χ3n) is 4.36. The summed E-state index contributed by atoms with van der Waals surface area (Å²) in [6, 6.07) is 0. The summed E-state index contributed by atoms with van der Waals surface area (Å²) < 4.78 is 363. The van der Waals surface area contributed by atoms with Crippen LogP contribution in [-0.4, -0.2) is 130 Å². The van der Waals surface area contributed by atoms with Crippen molar-refractivity contribution in [1.29, 1.82) is 0 Å². The van der Waals surface area contributed by atoms with Crippen LogP contribution in [0.15, 0.2) is 0 Å². The number of carbonyl (C=O) groups excluding carboxylic acids is 1. The highest BCUT2D eigenvalue weighted by atomic mass is 32.3. The first-order chi connectivity index (χ1) is 25.9. The molecule has 0 aromatic heterocycles. The largest absolute Gasteiger partial charge is 0.748 e. The van der Waals surface area contributed by atoms with E-state index in [9.17, 15) is 130 Å². The fourth-order valence-electron chi connectivity index (χ4n) is 2.01. The SMILES string of the molecule is CC(=O)OC(CS(=O)(=O)[O-])(C(F)(F)F)C(F)(F)F.CC(F)(F)S(=O)(=O)[C-](S(=O)(=O)C(C)(F)F)S(=O)(=O)C(C)(F)F.CC(F)(F)S(=O)(=O)[N-]CF.CCF.CCF.O=S(=O)([O-])F. The Morgan fingerprint density at radius 2 is 0.770 bits per heavy atom. The highest BCUT2D eigenvalue weighted by molar-refractivity contribution is 8.29. The van der Waals surface area contributed by atoms with Gasteiger partial charge in [0, 0.05) is 41.4 Å². The van der Waals surface area contributed by atoms with Crippen molar-refractivity contribution in [2.45, 2.75) is 87.4 Å². The second-order valence-corrected chi connectivity index (χ2v) is 21.0. The van der Waals surface area contributed by atoms with E-state index in [2.05, 4.69) is 9.46 Å². The van der Waals surface area contributed by atoms with E-state index >= 15 is 0 Å². The van der Waals surface area contributed by atoms with Gasteiger partial charge in [0.2, 0.25) is 0 Å². The van der Waals surface area contributed by atoms with E-state index in [0.717, 1.165) is 0 Å². The smallest absolute Gasteiger partial charge is 0.438 e. The molecular weight excluding hydrogens is 1040 g/mol. The van der Waals surface area contributed by atoms with Gasteiger partial charge in [0.25, 0.3) is 10.5 Å². The van der Waals surface area contributed by atoms with Gasteiger partial charge < -0.3 is 18.6 Å². The number of alkyl halides is 17. The molecule has 0 bridgehead atoms. The third kappa shape index (κ3) is 25.0. The molecule has 0 spiro atoms. The number of nitrogens with zero attached hydrogens (tertiary/aromatic N) is 1. The van der Waals surface area contributed by atoms with Crippen LogP contribution in [0, 0.1) is 3.91 Å². The van der Waals surface area contributed by atoms with Crippen LogP contribution in [-0.2, 0) is 69.7 Å². The summed E-state index contributed by atoms with van der Waals surface area (Å²) in [6.07, 6.45) is -12.6. The van der Waals surface area contributed by atoms with Crippen molar-refractivity contribution < 1.29 is 148 Å². The summed E-state index contributed by atoms with van der Waals surface area (Å²) in [5, 5.41) is -19.7. The van der Waals surface area contributed by atoms with E-state index in [1.807, 2.05) is 0 Å². The molecule has 0 atom stereocenters. The molecule has 0 saturated heterocycles. The molecule has 0 aromatic carbocycles. The van der Waals surface area contributed by atoms with Gasteiger partial charge >= 0.3 is 44.9 Å². The second kappa shape index (κ2) is 24.2. The Bertz CT molecular complexity index is 1890. The van der Waals surface area contributed by atoms with E-state index in [1.165, 1.54) is 13.8 Å². The van der Waals surface area contributed by atoms with Gasteiger partial charge in [-0.05, 0) is 13.8 Å². The lowest BCUT2D eigenvalue weighted by atomic mass is 10.1. The van der Waals surface area contributed by atoms with Gasteiger partial charge in [-0.25, -0.2) is 25.3 Å². The molecule has 0 aliphatic heterocycles. The summed E-state index contributed by atoms with van der Waals surface area (Å²) in [5.74, 6) is -5.01. The lowest BCUT2D eigenvalue weighted by molar-refractivity contribution is -0.361. The predicted octanol–water partition coefficient (Wildman–Crippen LogP) is 5.07. The van der Waals surface area contributed by atoms with Gasteiger partial charge in [-0.15, -0.1) is 3.89 Å². The summed E-state index contributed by atoms with van der Waals surface area (Å²) in [4.78, 5) is 10.3. The predicted molar refractivity (Wildman–Crippen MR) is 166 cm³/mol. The minimum absolute atomic E-state index is 0.140. The number of hydrogen-bond donors (Lipinski definition) is 0. The van der Waals surface area contributed by atoms with E-state index < -0.39 is 142 Å². The number of rotatable bonds is 12. The summed E-state index contributed by atoms with van der Waals surface area (Å²) in [7, 11) is -36.9. The Hall–Kier alpha value is -2.21. The fourth-order valence-corrected chi connectivity index (χ4v) is 10.2. The lowest BCUT2D eigenvalue weighted by Gasteiger charge is -2.36. The van der Waals surface area contributed by atoms with Crippen LogP contribution in [0.1, 0.15) is 48.5 Å². The average molecular weight is 1070 g/mol. The van der Waals surface area contributed by atoms with Gasteiger partial charge in [0.1, 0.15) is 39.5 Å². The van der Waals surface area contributed by atoms with Gasteiger partial charge in [-0.1, -0.05) is 0 Å². The Labute approximate surface area is 335 Å². The second-order valence-electron chi connectivity index (χ2n) is 9.76. The molecule has 0 N–H and O–H groups in total. The average Bonchev–Trinajstić information content (AvgIpc) is 2.88. The Morgan fingerprint density at radius 1 is 0.557 bits per heavy atom. The molecule has 0 saturated carbocycles. The number of halogens is 18. The quantitative estimate of drug-likeness (QED) is 0.0615. The fraction of sp³-hybridized carbons (Fsp3) is 0.900. The topological polar surface area (TPSA) is 291 Å². The summed E-state index contributed by atoms with van der Waals surface area (Å²) in [5.41, 5.74) is -5.37. The minimum atomic E-state index is -6.87. The zero-order chi connectivity index (χ0) is 51.9. The molecule has 0 heterocycles. The summed E-state index contributed by atoms with van der Waals surface area (Å²) in [6.45, 7) is -0.518. The molecule has 0 aliphatic carbocycles. The summed E-state index contributed by atoms with van der Waals surface area (Å²) >= 11 is 0. The number of carbonyl (C=O) groups is 1. The molecule has 0 amide bonds. The highest BCUT2D eigenvalue weighted by Gasteiger charge is 2.75. The van der Waals surface area contributed by atoms with Crippen LogP contribution in [0.3, 0.4) is 0 Å². The van der Waals surface area contributed by atoms with Gasteiger partial charge in [0.15, 0.2) is 0 Å². The number of sulfone groups is 3. The maximum atomic E-state index is 13.0. The maximum absolute atomic E-state index is 13.0. The first kappa shape index (κ1) is 70.5. The van der Waals surface area contributed by atoms with E-state index in [1.54, 1.807) is 0 Å². The zero-order valence-corrected chi connectivity index (χ0v) is 35.5. The lowest BCUT2D eigenvalue weighted by Crippen LogP contribution is -2.63. The van der Waals surface area contributed by atoms with E-state index in [4.69, 9.17) is 13.0 Å². The van der Waals surface area contributed by atoms with Crippen molar-refractivity contribution in [3.8, 4) is 0 Å². The van der Waals surface area contributed by atoms with Crippen molar-refractivity contribution in [1.82, 2.24) is 0 Å². The van der Waals surface area contributed by atoms with Crippen LogP contribution in [0.4, 0.5) is 78.5 Å². The molecule has 0 radical (unpaired) electrons. The van der Waals surface area contributed by atoms with Gasteiger partial charge in [-0.3, -0.25) is 43.2 Å². The zero-order valence-electron chi connectivity index (χ0n) is 30.6. The van der Waals surface area contributed by atoms with Crippen molar-refractivity contribution in [3.05, 3.63) is 8.64 Å². The monoisotopic (exact) mass is 1070 g/mol. The van der Waals surface area contributed by atoms with Crippen molar-refractivity contribution in [3.63, 3.8) is 0 Å². The van der Waals surface area contributed by atoms with Crippen LogP contribution in [0.25, 0.3) is 4.72 Å². The first-order valence-corrected chi connectivity index (χ1v) is 22.3. The molecule has 376 valence electrons. The molecule has 41 heteroatoms. The standard InChI is InChI=1S/C7H9F6O6S3.C6H6F6O5S.C3H5F3NO2S.2C2H5F.FHO3S/c1-5(8,9)20(14,15)4(21(16,17)6(2,10)11)22(18,19)7(3,12)13;1-3(13)17-4(5(7,8)9,6(10,11)12)2-18(14,15)16;1-3(5,6)10(8,9)7-2-4;2*1-2-3;1-5(2,3)4/h1-3H3;2H2,1H3,(H,14,15,16);2H2,1H3;2*2H2,1H3;(H,2,3,4)/q-1;;-1;;;/p-2.